The predicted molar refractivity (Wildman–Crippen MR) is 146 cm³/mol. The zero-order valence-corrected chi connectivity index (χ0v) is 22.7. The summed E-state index contributed by atoms with van der Waals surface area (Å²) in [6.07, 6.45) is 12.2. The number of allylic oxidation sites excluding steroid dienone is 8. The molecule has 1 atom stereocenters. The molecule has 180 valence electrons. The van der Waals surface area contributed by atoms with E-state index in [-0.39, 0.29) is 5.92 Å². The van der Waals surface area contributed by atoms with Gasteiger partial charge in [0, 0.05) is 10.9 Å². The van der Waals surface area contributed by atoms with Gasteiger partial charge in [-0.2, -0.15) is 0 Å². The van der Waals surface area contributed by atoms with Crippen molar-refractivity contribution in [2.45, 2.75) is 99.8 Å². The van der Waals surface area contributed by atoms with Gasteiger partial charge in [0.05, 0.1) is 0 Å². The largest absolute Gasteiger partial charge is 0.303 e. The van der Waals surface area contributed by atoms with Gasteiger partial charge in [0.15, 0.2) is 0 Å². The molecule has 0 N–H and O–H groups in total. The predicted octanol–water partition coefficient (Wildman–Crippen LogP) is 9.99. The lowest BCUT2D eigenvalue weighted by Gasteiger charge is -2.29. The monoisotopic (exact) mass is 466 g/mol. The van der Waals surface area contributed by atoms with Crippen LogP contribution in [0, 0.1) is 12.8 Å². The minimum Gasteiger partial charge on any atom is -0.303 e. The molecule has 1 aromatic carbocycles. The molecular formula is C31H43ClO. The summed E-state index contributed by atoms with van der Waals surface area (Å²) in [4.78, 5) is 12.5. The van der Waals surface area contributed by atoms with Crippen LogP contribution in [0.25, 0.3) is 5.57 Å². The molecule has 0 spiro atoms. The summed E-state index contributed by atoms with van der Waals surface area (Å²) in [5.41, 5.74) is 11.4. The number of halogens is 1. The van der Waals surface area contributed by atoms with Crippen molar-refractivity contribution in [2.24, 2.45) is 5.92 Å². The first-order valence-corrected chi connectivity index (χ1v) is 13.1. The quantitative estimate of drug-likeness (QED) is 0.247. The molecule has 0 aromatic heterocycles. The van der Waals surface area contributed by atoms with Gasteiger partial charge >= 0.3 is 0 Å². The van der Waals surface area contributed by atoms with Crippen LogP contribution < -0.4 is 0 Å². The molecule has 1 nitrogen and oxygen atoms in total. The molecular weight excluding hydrogens is 424 g/mol. The van der Waals surface area contributed by atoms with E-state index in [1.54, 1.807) is 0 Å². The van der Waals surface area contributed by atoms with E-state index in [4.69, 9.17) is 11.6 Å². The molecule has 0 saturated carbocycles. The summed E-state index contributed by atoms with van der Waals surface area (Å²) in [5.74, 6) is -0.128. The Bertz CT molecular complexity index is 967. The molecule has 1 aromatic rings. The maximum atomic E-state index is 12.5. The number of rotatable bonds is 10. The summed E-state index contributed by atoms with van der Waals surface area (Å²) in [6, 6.07) is 6.41. The molecule has 1 unspecified atom stereocenters. The number of unbranched alkanes of at least 4 members (excludes halogenated alkanes) is 1. The van der Waals surface area contributed by atoms with Crippen molar-refractivity contribution in [3.63, 3.8) is 0 Å². The standard InChI is InChI=1S/C31H43ClO/c1-8-10-14-24(7)30(26(20-33)13-9-2)31(25-18-17-23(6)28(32)19-25)29(21(3)4)27-16-12-11-15-22(27)5/h14,17-20,26H,8-13,15-16H2,1-7H3/b24-14+,31-30+. The Hall–Kier alpha value is -1.86. The van der Waals surface area contributed by atoms with Gasteiger partial charge < -0.3 is 4.79 Å². The van der Waals surface area contributed by atoms with Crippen molar-refractivity contribution in [3.8, 4) is 0 Å². The van der Waals surface area contributed by atoms with Crippen molar-refractivity contribution in [1.29, 1.82) is 0 Å². The fourth-order valence-corrected chi connectivity index (χ4v) is 5.20. The SMILES string of the molecule is CCC/C=C(C)/C(=C(\C(=C(C)C)C1=C(C)CCCC1)c1ccc(C)c(Cl)c1)C(C=O)CCC. The second-order valence-electron chi connectivity index (χ2n) is 9.80. The minimum atomic E-state index is -0.128. The van der Waals surface area contributed by atoms with Gasteiger partial charge in [-0.3, -0.25) is 0 Å². The number of hydrogen-bond acceptors (Lipinski definition) is 1. The first-order valence-electron chi connectivity index (χ1n) is 12.8. The average molecular weight is 467 g/mol. The van der Waals surface area contributed by atoms with E-state index in [2.05, 4.69) is 65.8 Å². The minimum absolute atomic E-state index is 0.128. The van der Waals surface area contributed by atoms with Crippen LogP contribution in [0.3, 0.4) is 0 Å². The summed E-state index contributed by atoms with van der Waals surface area (Å²) in [7, 11) is 0. The summed E-state index contributed by atoms with van der Waals surface area (Å²) in [5, 5.41) is 0.778. The number of benzene rings is 1. The molecule has 0 radical (unpaired) electrons. The first kappa shape index (κ1) is 27.4. The highest BCUT2D eigenvalue weighted by Gasteiger charge is 2.26. The molecule has 0 heterocycles. The average Bonchev–Trinajstić information content (AvgIpc) is 2.79. The van der Waals surface area contributed by atoms with Crippen LogP contribution in [0.5, 0.6) is 0 Å². The molecule has 0 amide bonds. The number of hydrogen-bond donors (Lipinski definition) is 0. The molecule has 33 heavy (non-hydrogen) atoms. The van der Waals surface area contributed by atoms with Crippen molar-refractivity contribution in [3.05, 3.63) is 73.9 Å². The van der Waals surface area contributed by atoms with E-state index in [9.17, 15) is 4.79 Å². The Labute approximate surface area is 207 Å². The Balaban J connectivity index is 3.03. The van der Waals surface area contributed by atoms with E-state index in [0.717, 1.165) is 54.7 Å². The van der Waals surface area contributed by atoms with Crippen LogP contribution in [-0.4, -0.2) is 6.29 Å². The molecule has 0 aliphatic heterocycles. The van der Waals surface area contributed by atoms with Gasteiger partial charge in [0.2, 0.25) is 0 Å². The lowest BCUT2D eigenvalue weighted by molar-refractivity contribution is -0.110. The maximum Gasteiger partial charge on any atom is 0.127 e. The fourth-order valence-electron chi connectivity index (χ4n) is 5.02. The van der Waals surface area contributed by atoms with Crippen LogP contribution in [0.1, 0.15) is 104 Å². The first-order chi connectivity index (χ1) is 15.8. The Kier molecular flexibility index (Phi) is 10.9. The van der Waals surface area contributed by atoms with Crippen molar-refractivity contribution < 1.29 is 4.79 Å². The number of carbonyl (C=O) groups excluding carboxylic acids is 1. The Morgan fingerprint density at radius 1 is 1.03 bits per heavy atom. The zero-order valence-electron chi connectivity index (χ0n) is 21.9. The number of aldehydes is 1. The third kappa shape index (κ3) is 6.82. The van der Waals surface area contributed by atoms with Crippen molar-refractivity contribution >= 4 is 23.5 Å². The summed E-state index contributed by atoms with van der Waals surface area (Å²) in [6.45, 7) is 15.3. The lowest BCUT2D eigenvalue weighted by Crippen LogP contribution is -2.13. The van der Waals surface area contributed by atoms with Crippen molar-refractivity contribution in [2.75, 3.05) is 0 Å². The maximum absolute atomic E-state index is 12.5. The van der Waals surface area contributed by atoms with Gasteiger partial charge in [-0.1, -0.05) is 73.2 Å². The second kappa shape index (κ2) is 13.1. The fraction of sp³-hybridized carbons (Fsp3) is 0.516. The molecule has 0 saturated heterocycles. The highest BCUT2D eigenvalue weighted by Crippen LogP contribution is 2.44. The molecule has 1 aliphatic carbocycles. The van der Waals surface area contributed by atoms with Crippen LogP contribution >= 0.6 is 11.6 Å². The normalized spacial score (nSPS) is 16.4. The zero-order chi connectivity index (χ0) is 24.5. The summed E-state index contributed by atoms with van der Waals surface area (Å²) >= 11 is 6.66. The van der Waals surface area contributed by atoms with Crippen LogP contribution in [0.2, 0.25) is 5.02 Å². The van der Waals surface area contributed by atoms with Gasteiger partial charge in [0.1, 0.15) is 6.29 Å². The van der Waals surface area contributed by atoms with Crippen LogP contribution in [-0.2, 0) is 4.79 Å². The van der Waals surface area contributed by atoms with Crippen molar-refractivity contribution in [1.82, 2.24) is 0 Å². The summed E-state index contributed by atoms with van der Waals surface area (Å²) < 4.78 is 0. The smallest absolute Gasteiger partial charge is 0.127 e. The topological polar surface area (TPSA) is 17.1 Å². The Morgan fingerprint density at radius 3 is 2.27 bits per heavy atom. The van der Waals surface area contributed by atoms with Gasteiger partial charge in [-0.15, -0.1) is 0 Å². The lowest BCUT2D eigenvalue weighted by atomic mass is 9.75. The number of aryl methyl sites for hydroxylation is 1. The van der Waals surface area contributed by atoms with E-state index in [0.29, 0.717) is 0 Å². The van der Waals surface area contributed by atoms with Gasteiger partial charge in [-0.25, -0.2) is 0 Å². The molecule has 0 fully saturated rings. The van der Waals surface area contributed by atoms with E-state index in [1.165, 1.54) is 58.1 Å². The molecule has 2 rings (SSSR count). The van der Waals surface area contributed by atoms with Gasteiger partial charge in [0.25, 0.3) is 0 Å². The number of carbonyl (C=O) groups is 1. The molecule has 2 heteroatoms. The highest BCUT2D eigenvalue weighted by molar-refractivity contribution is 6.31. The van der Waals surface area contributed by atoms with Crippen LogP contribution in [0.15, 0.2) is 57.7 Å². The van der Waals surface area contributed by atoms with E-state index >= 15 is 0 Å². The second-order valence-corrected chi connectivity index (χ2v) is 10.2. The molecule has 0 bridgehead atoms. The Morgan fingerprint density at radius 2 is 1.73 bits per heavy atom. The van der Waals surface area contributed by atoms with Gasteiger partial charge in [-0.05, 0) is 113 Å². The van der Waals surface area contributed by atoms with E-state index in [1.807, 2.05) is 6.92 Å². The third-order valence-electron chi connectivity index (χ3n) is 6.82. The molecule has 1 aliphatic rings. The van der Waals surface area contributed by atoms with Crippen LogP contribution in [0.4, 0.5) is 0 Å². The van der Waals surface area contributed by atoms with E-state index < -0.39 is 0 Å². The highest BCUT2D eigenvalue weighted by atomic mass is 35.5. The third-order valence-corrected chi connectivity index (χ3v) is 7.23.